The van der Waals surface area contributed by atoms with Gasteiger partial charge in [-0.15, -0.1) is 0 Å². The number of carbonyl (C=O) groups excluding carboxylic acids is 2. The molecule has 6 atom stereocenters. The summed E-state index contributed by atoms with van der Waals surface area (Å²) in [4.78, 5) is 34.4. The average Bonchev–Trinajstić information content (AvgIpc) is 3.76. The molecular weight excluding hydrogens is 588 g/mol. The van der Waals surface area contributed by atoms with E-state index in [0.29, 0.717) is 37.2 Å². The van der Waals surface area contributed by atoms with Crippen molar-refractivity contribution in [3.05, 3.63) is 65.2 Å². The van der Waals surface area contributed by atoms with E-state index in [0.717, 1.165) is 63.6 Å². The molecule has 1 heterocycles. The van der Waals surface area contributed by atoms with Crippen LogP contribution in [0.5, 0.6) is 5.75 Å². The number of guanidine groups is 1. The Morgan fingerprint density at radius 3 is 2.55 bits per heavy atom. The lowest BCUT2D eigenvalue weighted by Gasteiger charge is -2.55. The number of aliphatic imine (C=N–C) groups is 1. The number of carbonyl (C=O) groups is 2. The fourth-order valence-electron chi connectivity index (χ4n) is 8.38. The third-order valence-corrected chi connectivity index (χ3v) is 11.4. The summed E-state index contributed by atoms with van der Waals surface area (Å²) in [6.07, 6.45) is 7.08. The van der Waals surface area contributed by atoms with Gasteiger partial charge in [-0.25, -0.2) is 0 Å². The number of piperidine rings is 1. The van der Waals surface area contributed by atoms with Gasteiger partial charge < -0.3 is 27.2 Å². The molecule has 3 aliphatic rings. The third-order valence-electron chi connectivity index (χ3n) is 11.4. The number of hydrogen-bond donors (Lipinski definition) is 5. The van der Waals surface area contributed by atoms with E-state index < -0.39 is 11.5 Å². The van der Waals surface area contributed by atoms with E-state index in [4.69, 9.17) is 11.5 Å². The molecule has 256 valence electrons. The molecule has 2 amide bonds. The van der Waals surface area contributed by atoms with Crippen LogP contribution in [0.2, 0.25) is 0 Å². The molecule has 2 bridgehead atoms. The van der Waals surface area contributed by atoms with Crippen molar-refractivity contribution < 1.29 is 14.7 Å². The molecule has 5 rings (SSSR count). The van der Waals surface area contributed by atoms with Gasteiger partial charge >= 0.3 is 0 Å². The molecule has 9 heteroatoms. The highest BCUT2D eigenvalue weighted by molar-refractivity contribution is 5.95. The molecule has 0 spiro atoms. The van der Waals surface area contributed by atoms with Crippen LogP contribution in [0.15, 0.2) is 53.5 Å². The first-order chi connectivity index (χ1) is 22.5. The zero-order chi connectivity index (χ0) is 33.8. The summed E-state index contributed by atoms with van der Waals surface area (Å²) in [5.74, 6) is 1.18. The number of benzene rings is 2. The van der Waals surface area contributed by atoms with Crippen molar-refractivity contribution in [2.24, 2.45) is 34.2 Å². The van der Waals surface area contributed by atoms with Gasteiger partial charge in [0.2, 0.25) is 11.8 Å². The predicted octanol–water partition coefficient (Wildman–Crippen LogP) is 4.36. The minimum Gasteiger partial charge on any atom is -0.508 e. The number of likely N-dealkylation sites (tertiary alicyclic amines) is 1. The van der Waals surface area contributed by atoms with Crippen LogP contribution < -0.4 is 22.1 Å². The van der Waals surface area contributed by atoms with Gasteiger partial charge in [-0.3, -0.25) is 19.5 Å². The number of rotatable bonds is 15. The van der Waals surface area contributed by atoms with Gasteiger partial charge in [0.15, 0.2) is 5.96 Å². The molecule has 0 aromatic heterocycles. The molecule has 1 saturated carbocycles. The molecule has 47 heavy (non-hydrogen) atoms. The second-order valence-corrected chi connectivity index (χ2v) is 15.0. The monoisotopic (exact) mass is 644 g/mol. The number of hydrogen-bond acceptors (Lipinski definition) is 5. The minimum absolute atomic E-state index is 0.0238. The zero-order valence-electron chi connectivity index (χ0n) is 28.8. The Morgan fingerprint density at radius 1 is 1.09 bits per heavy atom. The van der Waals surface area contributed by atoms with Crippen LogP contribution in [0.3, 0.4) is 0 Å². The van der Waals surface area contributed by atoms with Gasteiger partial charge in [0.05, 0.1) is 5.41 Å². The topological polar surface area (TPSA) is 146 Å². The molecule has 0 radical (unpaired) electrons. The summed E-state index contributed by atoms with van der Waals surface area (Å²) in [5, 5.41) is 16.6. The van der Waals surface area contributed by atoms with E-state index in [2.05, 4.69) is 66.4 Å². The molecule has 2 aromatic carbocycles. The molecule has 2 aliphatic carbocycles. The highest BCUT2D eigenvalue weighted by atomic mass is 16.3. The van der Waals surface area contributed by atoms with Crippen molar-refractivity contribution in [1.82, 2.24) is 15.5 Å². The van der Waals surface area contributed by atoms with Gasteiger partial charge in [0, 0.05) is 25.7 Å². The quantitative estimate of drug-likeness (QED) is 0.111. The lowest BCUT2D eigenvalue weighted by Crippen LogP contribution is -2.58. The molecule has 2 fully saturated rings. The Labute approximate surface area is 281 Å². The fourth-order valence-corrected chi connectivity index (χ4v) is 8.38. The number of nitrogens with two attached hydrogens (primary N) is 2. The number of fused-ring (bicyclic) bond motifs is 4. The SMILES string of the molecule is CC(C)CC(NC(=O)[C@]1(c2ccccc2)CC1CN1CC[C@@]2(C)c3cc(O)ccc3CC1C2C)C(=O)NCCCCCCN=C(N)N. The largest absolute Gasteiger partial charge is 0.508 e. The Bertz CT molecular complexity index is 1430. The van der Waals surface area contributed by atoms with Crippen LogP contribution in [-0.4, -0.2) is 66.0 Å². The molecule has 4 unspecified atom stereocenters. The Morgan fingerprint density at radius 2 is 1.83 bits per heavy atom. The standard InChI is InChI=1S/C38H56N6O3/c1-25(2)20-32(34(46)41-17-10-5-6-11-18-42-36(39)40)43-35(47)38(28-12-8-7-9-13-28)23-29(38)24-44-19-16-37(4)26(3)33(44)21-27-14-15-30(45)22-31(27)37/h7-9,12-15,22,25-26,29,32-33,45H,5-6,10-11,16-21,23-24H2,1-4H3,(H,41,46)(H,43,47)(H4,39,40,42)/t26?,29?,32?,33?,37-,38+/m1/s1. The van der Waals surface area contributed by atoms with Crippen molar-refractivity contribution in [2.45, 2.75) is 102 Å². The average molecular weight is 645 g/mol. The summed E-state index contributed by atoms with van der Waals surface area (Å²) in [7, 11) is 0. The maximum absolute atomic E-state index is 14.4. The highest BCUT2D eigenvalue weighted by Gasteiger charge is 2.62. The Hall–Kier alpha value is -3.59. The molecule has 9 nitrogen and oxygen atoms in total. The van der Waals surface area contributed by atoms with Gasteiger partial charge in [-0.05, 0) is 97.1 Å². The number of phenolic OH excluding ortho intramolecular Hbond substituents is 1. The predicted molar refractivity (Wildman–Crippen MR) is 188 cm³/mol. The molecule has 2 aromatic rings. The van der Waals surface area contributed by atoms with Gasteiger partial charge in [-0.1, -0.05) is 76.9 Å². The first-order valence-corrected chi connectivity index (χ1v) is 17.7. The third kappa shape index (κ3) is 7.61. The summed E-state index contributed by atoms with van der Waals surface area (Å²) < 4.78 is 0. The second kappa shape index (κ2) is 14.7. The van der Waals surface area contributed by atoms with Crippen LogP contribution in [0.25, 0.3) is 0 Å². The number of aromatic hydroxyl groups is 1. The smallest absolute Gasteiger partial charge is 0.242 e. The maximum Gasteiger partial charge on any atom is 0.242 e. The summed E-state index contributed by atoms with van der Waals surface area (Å²) in [5.41, 5.74) is 13.8. The van der Waals surface area contributed by atoms with Gasteiger partial charge in [0.1, 0.15) is 11.8 Å². The van der Waals surface area contributed by atoms with Crippen molar-refractivity contribution in [3.8, 4) is 5.75 Å². The van der Waals surface area contributed by atoms with Crippen LogP contribution in [0, 0.1) is 17.8 Å². The molecular formula is C38H56N6O3. The van der Waals surface area contributed by atoms with Crippen molar-refractivity contribution >= 4 is 17.8 Å². The van der Waals surface area contributed by atoms with E-state index >= 15 is 0 Å². The summed E-state index contributed by atoms with van der Waals surface area (Å²) in [6, 6.07) is 15.9. The summed E-state index contributed by atoms with van der Waals surface area (Å²) in [6.45, 7) is 11.9. The normalized spacial score (nSPS) is 27.0. The number of nitrogens with one attached hydrogen (secondary N) is 2. The number of nitrogens with zero attached hydrogens (tertiary/aromatic N) is 2. The van der Waals surface area contributed by atoms with E-state index in [1.165, 1.54) is 11.1 Å². The van der Waals surface area contributed by atoms with Crippen LogP contribution >= 0.6 is 0 Å². The first-order valence-electron chi connectivity index (χ1n) is 17.7. The van der Waals surface area contributed by atoms with Crippen LogP contribution in [0.4, 0.5) is 0 Å². The van der Waals surface area contributed by atoms with E-state index in [1.54, 1.807) is 0 Å². The first kappa shape index (κ1) is 34.7. The van der Waals surface area contributed by atoms with Crippen LogP contribution in [0.1, 0.15) is 89.3 Å². The fraction of sp³-hybridized carbons (Fsp3) is 0.605. The van der Waals surface area contributed by atoms with E-state index in [1.807, 2.05) is 30.3 Å². The number of unbranched alkanes of at least 4 members (excludes halogenated alkanes) is 3. The second-order valence-electron chi connectivity index (χ2n) is 15.0. The van der Waals surface area contributed by atoms with Gasteiger partial charge in [-0.2, -0.15) is 0 Å². The number of phenols is 1. The summed E-state index contributed by atoms with van der Waals surface area (Å²) >= 11 is 0. The van der Waals surface area contributed by atoms with Gasteiger partial charge in [0.25, 0.3) is 0 Å². The lowest BCUT2D eigenvalue weighted by atomic mass is 9.59. The van der Waals surface area contributed by atoms with Crippen LogP contribution in [-0.2, 0) is 26.8 Å². The molecule has 7 N–H and O–H groups in total. The Balaban J connectivity index is 1.25. The van der Waals surface area contributed by atoms with Crippen molar-refractivity contribution in [3.63, 3.8) is 0 Å². The van der Waals surface area contributed by atoms with Crippen molar-refractivity contribution in [2.75, 3.05) is 26.2 Å². The molecule has 1 saturated heterocycles. The van der Waals surface area contributed by atoms with E-state index in [9.17, 15) is 14.7 Å². The lowest BCUT2D eigenvalue weighted by molar-refractivity contribution is -0.131. The highest BCUT2D eigenvalue weighted by Crippen LogP contribution is 2.57. The minimum atomic E-state index is -0.644. The zero-order valence-corrected chi connectivity index (χ0v) is 28.8. The van der Waals surface area contributed by atoms with Crippen molar-refractivity contribution in [1.29, 1.82) is 0 Å². The number of amides is 2. The maximum atomic E-state index is 14.4. The van der Waals surface area contributed by atoms with E-state index in [-0.39, 0.29) is 35.0 Å². The Kier molecular flexibility index (Phi) is 10.8. The molecule has 1 aliphatic heterocycles.